The minimum Gasteiger partial charge on any atom is -0.497 e. The molecule has 140 valence electrons. The van der Waals surface area contributed by atoms with Crippen molar-refractivity contribution in [2.45, 2.75) is 18.3 Å². The molecule has 0 amide bonds. The molecule has 1 atom stereocenters. The Labute approximate surface area is 159 Å². The molecule has 0 spiro atoms. The predicted octanol–water partition coefficient (Wildman–Crippen LogP) is 4.33. The van der Waals surface area contributed by atoms with Gasteiger partial charge in [-0.2, -0.15) is 0 Å². The topological polar surface area (TPSA) is 74.5 Å². The van der Waals surface area contributed by atoms with E-state index in [4.69, 9.17) is 13.9 Å². The monoisotopic (exact) mass is 388 g/mol. The lowest BCUT2D eigenvalue weighted by Crippen LogP contribution is -2.03. The molecule has 1 aromatic heterocycles. The summed E-state index contributed by atoms with van der Waals surface area (Å²) in [4.78, 5) is 12.2. The van der Waals surface area contributed by atoms with Crippen LogP contribution in [0, 0.1) is 5.82 Å². The van der Waals surface area contributed by atoms with Crippen molar-refractivity contribution in [2.75, 3.05) is 12.9 Å². The molecule has 27 heavy (non-hydrogen) atoms. The Morgan fingerprint density at radius 1 is 1.11 bits per heavy atom. The van der Waals surface area contributed by atoms with Gasteiger partial charge in [0.2, 0.25) is 0 Å². The molecule has 1 heterocycles. The second-order valence-corrected chi connectivity index (χ2v) is 6.49. The van der Waals surface area contributed by atoms with Crippen LogP contribution in [0.5, 0.6) is 11.5 Å². The summed E-state index contributed by atoms with van der Waals surface area (Å²) in [5.74, 6) is 1.23. The number of hydrogen-bond donors (Lipinski definition) is 0. The molecule has 0 unspecified atom stereocenters. The zero-order valence-electron chi connectivity index (χ0n) is 14.7. The second kappa shape index (κ2) is 8.68. The van der Waals surface area contributed by atoms with E-state index in [0.717, 1.165) is 11.8 Å². The van der Waals surface area contributed by atoms with Gasteiger partial charge in [0.05, 0.1) is 12.9 Å². The molecule has 0 aliphatic heterocycles. The standard InChI is InChI=1S/C19H17FN2O4S/c1-12(25-16-9-5-14(20)6-10-16)18-21-22-19(26-18)27-11-17(23)13-3-7-15(24-2)8-4-13/h3-10,12H,11H2,1-2H3/t12-/m1/s1. The first-order valence-electron chi connectivity index (χ1n) is 8.11. The maximum Gasteiger partial charge on any atom is 0.277 e. The molecule has 3 rings (SSSR count). The fraction of sp³-hybridized carbons (Fsp3) is 0.211. The van der Waals surface area contributed by atoms with Crippen LogP contribution in [-0.4, -0.2) is 28.8 Å². The fourth-order valence-electron chi connectivity index (χ4n) is 2.20. The van der Waals surface area contributed by atoms with E-state index >= 15 is 0 Å². The van der Waals surface area contributed by atoms with Gasteiger partial charge in [0.15, 0.2) is 11.9 Å². The van der Waals surface area contributed by atoms with Crippen molar-refractivity contribution in [1.82, 2.24) is 10.2 Å². The lowest BCUT2D eigenvalue weighted by atomic mass is 10.1. The molecule has 0 N–H and O–H groups in total. The van der Waals surface area contributed by atoms with E-state index in [1.165, 1.54) is 24.3 Å². The second-order valence-electron chi connectivity index (χ2n) is 5.56. The lowest BCUT2D eigenvalue weighted by Gasteiger charge is -2.10. The summed E-state index contributed by atoms with van der Waals surface area (Å²) < 4.78 is 29.2. The minimum atomic E-state index is -0.505. The summed E-state index contributed by atoms with van der Waals surface area (Å²) in [7, 11) is 1.57. The van der Waals surface area contributed by atoms with Gasteiger partial charge >= 0.3 is 0 Å². The third-order valence-electron chi connectivity index (χ3n) is 3.64. The Hall–Kier alpha value is -2.87. The number of halogens is 1. The van der Waals surface area contributed by atoms with Gasteiger partial charge in [-0.25, -0.2) is 4.39 Å². The van der Waals surface area contributed by atoms with Crippen LogP contribution in [0.25, 0.3) is 0 Å². The fourth-order valence-corrected chi connectivity index (χ4v) is 2.86. The van der Waals surface area contributed by atoms with E-state index < -0.39 is 6.10 Å². The number of nitrogens with zero attached hydrogens (tertiary/aromatic N) is 2. The average molecular weight is 388 g/mol. The number of benzene rings is 2. The summed E-state index contributed by atoms with van der Waals surface area (Å²) in [6.07, 6.45) is -0.505. The molecule has 0 bridgehead atoms. The Morgan fingerprint density at radius 3 is 2.44 bits per heavy atom. The average Bonchev–Trinajstić information content (AvgIpc) is 3.17. The molecule has 2 aromatic carbocycles. The van der Waals surface area contributed by atoms with Crippen molar-refractivity contribution in [3.05, 3.63) is 65.8 Å². The van der Waals surface area contributed by atoms with Crippen molar-refractivity contribution in [2.24, 2.45) is 0 Å². The van der Waals surface area contributed by atoms with Gasteiger partial charge in [-0.15, -0.1) is 10.2 Å². The van der Waals surface area contributed by atoms with Crippen LogP contribution in [0.4, 0.5) is 4.39 Å². The number of Topliss-reactive ketones (excluding diaryl/α,β-unsaturated/α-hetero) is 1. The maximum absolute atomic E-state index is 12.9. The van der Waals surface area contributed by atoms with Gasteiger partial charge in [0.1, 0.15) is 17.3 Å². The molecule has 8 heteroatoms. The van der Waals surface area contributed by atoms with Crippen LogP contribution < -0.4 is 9.47 Å². The number of hydrogen-bond acceptors (Lipinski definition) is 7. The highest BCUT2D eigenvalue weighted by Crippen LogP contribution is 2.24. The Kier molecular flexibility index (Phi) is 6.08. The zero-order valence-corrected chi connectivity index (χ0v) is 15.5. The van der Waals surface area contributed by atoms with E-state index in [9.17, 15) is 9.18 Å². The van der Waals surface area contributed by atoms with E-state index in [1.807, 2.05) is 0 Å². The first-order valence-corrected chi connectivity index (χ1v) is 9.09. The Bertz CT molecular complexity index is 897. The van der Waals surface area contributed by atoms with Crippen molar-refractivity contribution >= 4 is 17.5 Å². The highest BCUT2D eigenvalue weighted by molar-refractivity contribution is 7.99. The number of methoxy groups -OCH3 is 1. The SMILES string of the molecule is COc1ccc(C(=O)CSc2nnc([C@@H](C)Oc3ccc(F)cc3)o2)cc1. The van der Waals surface area contributed by atoms with Crippen LogP contribution >= 0.6 is 11.8 Å². The van der Waals surface area contributed by atoms with Gasteiger partial charge in [-0.05, 0) is 55.5 Å². The van der Waals surface area contributed by atoms with E-state index in [2.05, 4.69) is 10.2 Å². The summed E-state index contributed by atoms with van der Waals surface area (Å²) in [5.41, 5.74) is 0.580. The third kappa shape index (κ3) is 5.07. The molecule has 0 saturated heterocycles. The van der Waals surface area contributed by atoms with Crippen LogP contribution in [0.2, 0.25) is 0 Å². The van der Waals surface area contributed by atoms with Gasteiger partial charge < -0.3 is 13.9 Å². The molecule has 0 fully saturated rings. The number of carbonyl (C=O) groups is 1. The van der Waals surface area contributed by atoms with Gasteiger partial charge in [-0.3, -0.25) is 4.79 Å². The normalized spacial score (nSPS) is 11.8. The molecular formula is C19H17FN2O4S. The lowest BCUT2D eigenvalue weighted by molar-refractivity contribution is 0.102. The molecule has 3 aromatic rings. The van der Waals surface area contributed by atoms with Crippen molar-refractivity contribution in [1.29, 1.82) is 0 Å². The molecule has 0 aliphatic carbocycles. The minimum absolute atomic E-state index is 0.0574. The van der Waals surface area contributed by atoms with Gasteiger partial charge in [0, 0.05) is 5.56 Å². The van der Waals surface area contributed by atoms with E-state index in [-0.39, 0.29) is 28.5 Å². The summed E-state index contributed by atoms with van der Waals surface area (Å²) in [6.45, 7) is 1.74. The summed E-state index contributed by atoms with van der Waals surface area (Å²) in [5, 5.41) is 8.14. The first-order chi connectivity index (χ1) is 13.0. The third-order valence-corrected chi connectivity index (χ3v) is 4.45. The number of carbonyl (C=O) groups excluding carboxylic acids is 1. The highest BCUT2D eigenvalue weighted by Gasteiger charge is 2.17. The highest BCUT2D eigenvalue weighted by atomic mass is 32.2. The molecule has 6 nitrogen and oxygen atoms in total. The van der Waals surface area contributed by atoms with E-state index in [1.54, 1.807) is 38.3 Å². The largest absolute Gasteiger partial charge is 0.497 e. The van der Waals surface area contributed by atoms with Crippen molar-refractivity contribution in [3.63, 3.8) is 0 Å². The summed E-state index contributed by atoms with van der Waals surface area (Å²) >= 11 is 1.15. The molecular weight excluding hydrogens is 371 g/mol. The van der Waals surface area contributed by atoms with Gasteiger partial charge in [-0.1, -0.05) is 11.8 Å². The van der Waals surface area contributed by atoms with Gasteiger partial charge in [0.25, 0.3) is 11.1 Å². The number of ketones is 1. The summed E-state index contributed by atoms with van der Waals surface area (Å²) in [6, 6.07) is 12.5. The number of rotatable bonds is 8. The Morgan fingerprint density at radius 2 is 1.78 bits per heavy atom. The smallest absolute Gasteiger partial charge is 0.277 e. The zero-order chi connectivity index (χ0) is 19.2. The van der Waals surface area contributed by atoms with Crippen LogP contribution in [0.15, 0.2) is 58.2 Å². The quantitative estimate of drug-likeness (QED) is 0.420. The van der Waals surface area contributed by atoms with Crippen molar-refractivity contribution < 1.29 is 23.1 Å². The van der Waals surface area contributed by atoms with Crippen LogP contribution in [0.3, 0.4) is 0 Å². The Balaban J connectivity index is 1.55. The molecule has 0 aliphatic rings. The van der Waals surface area contributed by atoms with E-state index in [0.29, 0.717) is 17.1 Å². The molecule has 0 saturated carbocycles. The number of ether oxygens (including phenoxy) is 2. The number of aromatic nitrogens is 2. The van der Waals surface area contributed by atoms with Crippen molar-refractivity contribution in [3.8, 4) is 11.5 Å². The molecule has 0 radical (unpaired) electrons. The maximum atomic E-state index is 12.9. The van der Waals surface area contributed by atoms with Crippen LogP contribution in [0.1, 0.15) is 29.3 Å². The number of thioether (sulfide) groups is 1. The predicted molar refractivity (Wildman–Crippen MR) is 97.8 cm³/mol. The first kappa shape index (κ1) is 18.9. The van der Waals surface area contributed by atoms with Crippen LogP contribution in [-0.2, 0) is 0 Å².